The van der Waals surface area contributed by atoms with Gasteiger partial charge in [0.05, 0.1) is 11.9 Å². The van der Waals surface area contributed by atoms with Gasteiger partial charge < -0.3 is 10.1 Å². The average Bonchev–Trinajstić information content (AvgIpc) is 3.29. The number of thioether (sulfide) groups is 1. The molecule has 0 fully saturated rings. The Kier molecular flexibility index (Phi) is 6.42. The summed E-state index contributed by atoms with van der Waals surface area (Å²) in [7, 11) is 1.71. The number of aryl methyl sites for hydroxylation is 1. The molecule has 1 N–H and O–H groups in total. The molecule has 1 atom stereocenters. The van der Waals surface area contributed by atoms with E-state index in [2.05, 4.69) is 20.8 Å². The second-order valence-electron chi connectivity index (χ2n) is 5.77. The maximum Gasteiger partial charge on any atom is 0.341 e. The Morgan fingerprint density at radius 1 is 1.32 bits per heavy atom. The summed E-state index contributed by atoms with van der Waals surface area (Å²) in [6.07, 6.45) is 0. The van der Waals surface area contributed by atoms with E-state index >= 15 is 0 Å². The van der Waals surface area contributed by atoms with Crippen LogP contribution in [0, 0.1) is 0 Å². The molecule has 0 aliphatic carbocycles. The highest BCUT2D eigenvalue weighted by molar-refractivity contribution is 8.00. The van der Waals surface area contributed by atoms with E-state index in [9.17, 15) is 9.59 Å². The van der Waals surface area contributed by atoms with E-state index in [4.69, 9.17) is 4.74 Å². The lowest BCUT2D eigenvalue weighted by molar-refractivity contribution is -0.115. The highest BCUT2D eigenvalue weighted by Gasteiger charge is 2.25. The molecule has 0 bridgehead atoms. The van der Waals surface area contributed by atoms with Gasteiger partial charge in [-0.2, -0.15) is 0 Å². The summed E-state index contributed by atoms with van der Waals surface area (Å²) in [5.74, 6) is -0.712. The number of benzene rings is 1. The number of aromatic nitrogens is 4. The van der Waals surface area contributed by atoms with Crippen LogP contribution in [-0.2, 0) is 16.6 Å². The van der Waals surface area contributed by atoms with E-state index < -0.39 is 11.2 Å². The summed E-state index contributed by atoms with van der Waals surface area (Å²) >= 11 is 2.53. The number of hydrogen-bond acceptors (Lipinski definition) is 8. The van der Waals surface area contributed by atoms with Crippen LogP contribution in [-0.4, -0.2) is 43.9 Å². The summed E-state index contributed by atoms with van der Waals surface area (Å²) in [4.78, 5) is 25.2. The second kappa shape index (κ2) is 8.98. The van der Waals surface area contributed by atoms with Gasteiger partial charge in [-0.3, -0.25) is 4.79 Å². The molecule has 0 radical (unpaired) electrons. The molecule has 3 rings (SSSR count). The minimum atomic E-state index is -0.462. The minimum absolute atomic E-state index is 0.250. The van der Waals surface area contributed by atoms with Crippen LogP contribution >= 0.6 is 23.1 Å². The molecule has 0 aliphatic heterocycles. The van der Waals surface area contributed by atoms with Crippen molar-refractivity contribution in [2.45, 2.75) is 24.3 Å². The number of ether oxygens (including phenoxy) is 1. The van der Waals surface area contributed by atoms with Gasteiger partial charge in [0.25, 0.3) is 0 Å². The molecule has 1 amide bonds. The highest BCUT2D eigenvalue weighted by atomic mass is 32.2. The number of nitrogens with one attached hydrogen (secondary N) is 1. The van der Waals surface area contributed by atoms with E-state index in [0.717, 1.165) is 11.1 Å². The lowest BCUT2D eigenvalue weighted by atomic mass is 10.0. The summed E-state index contributed by atoms with van der Waals surface area (Å²) in [5.41, 5.74) is 1.98. The third-order valence-electron chi connectivity index (χ3n) is 3.82. The maximum atomic E-state index is 12.7. The molecular weight excluding hydrogens is 398 g/mol. The van der Waals surface area contributed by atoms with E-state index in [1.165, 1.54) is 27.8 Å². The van der Waals surface area contributed by atoms with Crippen LogP contribution in [0.2, 0.25) is 0 Å². The summed E-state index contributed by atoms with van der Waals surface area (Å²) in [6, 6.07) is 9.52. The Hall–Kier alpha value is -2.72. The number of nitrogens with zero attached hydrogens (tertiary/aromatic N) is 4. The molecule has 0 saturated carbocycles. The molecule has 2 heterocycles. The maximum absolute atomic E-state index is 12.7. The summed E-state index contributed by atoms with van der Waals surface area (Å²) < 4.78 is 6.71. The molecular formula is C18H19N5O3S2. The quantitative estimate of drug-likeness (QED) is 0.465. The monoisotopic (exact) mass is 417 g/mol. The standard InChI is InChI=1S/C18H19N5O3S2/c1-4-26-17(25)14-13(12-8-6-5-7-9-12)10-27-16(14)19-15(24)11(2)28-18-20-21-22-23(18)3/h5-11H,4H2,1-3H3,(H,19,24). The van der Waals surface area contributed by atoms with Gasteiger partial charge in [-0.1, -0.05) is 42.1 Å². The van der Waals surface area contributed by atoms with Gasteiger partial charge in [-0.15, -0.1) is 16.4 Å². The molecule has 146 valence electrons. The number of amides is 1. The third-order valence-corrected chi connectivity index (χ3v) is 5.84. The molecule has 1 aromatic carbocycles. The number of carbonyl (C=O) groups is 2. The van der Waals surface area contributed by atoms with Crippen LogP contribution in [0.4, 0.5) is 5.00 Å². The highest BCUT2D eigenvalue weighted by Crippen LogP contribution is 2.36. The van der Waals surface area contributed by atoms with Crippen LogP contribution < -0.4 is 5.32 Å². The van der Waals surface area contributed by atoms with Crippen LogP contribution in [0.25, 0.3) is 11.1 Å². The molecule has 0 aliphatic rings. The molecule has 0 spiro atoms. The smallest absolute Gasteiger partial charge is 0.341 e. The van der Waals surface area contributed by atoms with Gasteiger partial charge in [0, 0.05) is 18.0 Å². The lowest BCUT2D eigenvalue weighted by Gasteiger charge is -2.12. The molecule has 28 heavy (non-hydrogen) atoms. The Balaban J connectivity index is 1.85. The van der Waals surface area contributed by atoms with Gasteiger partial charge >= 0.3 is 5.97 Å². The van der Waals surface area contributed by atoms with E-state index in [1.807, 2.05) is 35.7 Å². The zero-order valence-electron chi connectivity index (χ0n) is 15.6. The fourth-order valence-corrected chi connectivity index (χ4v) is 4.15. The molecule has 10 heteroatoms. The third kappa shape index (κ3) is 4.39. The van der Waals surface area contributed by atoms with E-state index in [1.54, 1.807) is 20.9 Å². The van der Waals surface area contributed by atoms with Crippen molar-refractivity contribution < 1.29 is 14.3 Å². The number of carbonyl (C=O) groups excluding carboxylic acids is 2. The van der Waals surface area contributed by atoms with Crippen LogP contribution in [0.15, 0.2) is 40.9 Å². The zero-order chi connectivity index (χ0) is 20.1. The Morgan fingerprint density at radius 2 is 2.07 bits per heavy atom. The van der Waals surface area contributed by atoms with Crippen molar-refractivity contribution in [3.05, 3.63) is 41.3 Å². The van der Waals surface area contributed by atoms with Gasteiger partial charge in [0.15, 0.2) is 0 Å². The zero-order valence-corrected chi connectivity index (χ0v) is 17.2. The summed E-state index contributed by atoms with van der Waals surface area (Å²) in [6.45, 7) is 3.75. The van der Waals surface area contributed by atoms with E-state index in [0.29, 0.717) is 15.7 Å². The largest absolute Gasteiger partial charge is 0.462 e. The molecule has 2 aromatic heterocycles. The first-order valence-corrected chi connectivity index (χ1v) is 10.3. The predicted octanol–water partition coefficient (Wildman–Crippen LogP) is 3.23. The Bertz CT molecular complexity index is 971. The van der Waals surface area contributed by atoms with Crippen LogP contribution in [0.1, 0.15) is 24.2 Å². The van der Waals surface area contributed by atoms with Crippen molar-refractivity contribution in [2.24, 2.45) is 7.05 Å². The number of tetrazole rings is 1. The van der Waals surface area contributed by atoms with Crippen molar-refractivity contribution in [1.82, 2.24) is 20.2 Å². The normalized spacial score (nSPS) is 11.8. The molecule has 8 nitrogen and oxygen atoms in total. The SMILES string of the molecule is CCOC(=O)c1c(-c2ccccc2)csc1NC(=O)C(C)Sc1nnnn1C. The number of esters is 1. The first-order chi connectivity index (χ1) is 13.5. The van der Waals surface area contributed by atoms with Gasteiger partial charge in [0.2, 0.25) is 11.1 Å². The summed E-state index contributed by atoms with van der Waals surface area (Å²) in [5, 5.41) is 16.4. The molecule has 3 aromatic rings. The number of rotatable bonds is 7. The number of anilines is 1. The number of hydrogen-bond donors (Lipinski definition) is 1. The van der Waals surface area contributed by atoms with Crippen LogP contribution in [0.3, 0.4) is 0 Å². The first kappa shape index (κ1) is 20.0. The topological polar surface area (TPSA) is 99.0 Å². The molecule has 0 saturated heterocycles. The number of thiophene rings is 1. The van der Waals surface area contributed by atoms with Crippen molar-refractivity contribution in [1.29, 1.82) is 0 Å². The predicted molar refractivity (Wildman–Crippen MR) is 108 cm³/mol. The lowest BCUT2D eigenvalue weighted by Crippen LogP contribution is -2.23. The Labute approximate surface area is 170 Å². The van der Waals surface area contributed by atoms with Crippen molar-refractivity contribution in [2.75, 3.05) is 11.9 Å². The fraction of sp³-hybridized carbons (Fsp3) is 0.278. The fourth-order valence-electron chi connectivity index (χ4n) is 2.43. The van der Waals surface area contributed by atoms with Crippen molar-refractivity contribution in [3.8, 4) is 11.1 Å². The van der Waals surface area contributed by atoms with Crippen molar-refractivity contribution in [3.63, 3.8) is 0 Å². The minimum Gasteiger partial charge on any atom is -0.462 e. The second-order valence-corrected chi connectivity index (χ2v) is 7.96. The first-order valence-electron chi connectivity index (χ1n) is 8.55. The van der Waals surface area contributed by atoms with E-state index in [-0.39, 0.29) is 12.5 Å². The van der Waals surface area contributed by atoms with Gasteiger partial charge in [0.1, 0.15) is 10.6 Å². The van der Waals surface area contributed by atoms with Crippen LogP contribution in [0.5, 0.6) is 0 Å². The average molecular weight is 418 g/mol. The van der Waals surface area contributed by atoms with Gasteiger partial charge in [-0.05, 0) is 29.8 Å². The molecule has 1 unspecified atom stereocenters. The van der Waals surface area contributed by atoms with Gasteiger partial charge in [-0.25, -0.2) is 9.48 Å². The Morgan fingerprint density at radius 3 is 2.71 bits per heavy atom. The van der Waals surface area contributed by atoms with Crippen molar-refractivity contribution >= 4 is 40.0 Å².